The fourth-order valence-corrected chi connectivity index (χ4v) is 4.81. The number of carbonyl (C=O) groups excluding carboxylic acids is 1. The van der Waals surface area contributed by atoms with E-state index in [1.807, 2.05) is 24.3 Å². The molecule has 0 fully saturated rings. The minimum Gasteiger partial charge on any atom is -0.449 e. The molecule has 0 saturated heterocycles. The van der Waals surface area contributed by atoms with E-state index in [1.54, 1.807) is 22.7 Å². The molecule has 0 unspecified atom stereocenters. The SMILES string of the molecule is C=CC(=O)OC(c1csc2ccccc12)c1csc2ccccc12. The summed E-state index contributed by atoms with van der Waals surface area (Å²) >= 11 is 3.33. The Morgan fingerprint density at radius 1 is 0.917 bits per heavy atom. The molecule has 2 heterocycles. The summed E-state index contributed by atoms with van der Waals surface area (Å²) in [4.78, 5) is 12.0. The maximum Gasteiger partial charge on any atom is 0.331 e. The van der Waals surface area contributed by atoms with E-state index in [1.165, 1.54) is 15.5 Å². The maximum absolute atomic E-state index is 12.0. The van der Waals surface area contributed by atoms with E-state index in [4.69, 9.17) is 4.74 Å². The molecule has 0 atom stereocenters. The maximum atomic E-state index is 12.0. The standard InChI is InChI=1S/C20H14O2S2/c1-2-19(21)22-20(15-11-23-17-9-5-3-7-13(15)17)16-12-24-18-10-6-4-8-14(16)18/h2-12,20H,1H2. The molecule has 2 nitrogen and oxygen atoms in total. The van der Waals surface area contributed by atoms with Crippen LogP contribution in [-0.2, 0) is 9.53 Å². The summed E-state index contributed by atoms with van der Waals surface area (Å²) in [7, 11) is 0. The highest BCUT2D eigenvalue weighted by Crippen LogP contribution is 2.40. The van der Waals surface area contributed by atoms with Crippen molar-refractivity contribution in [2.45, 2.75) is 6.10 Å². The predicted molar refractivity (Wildman–Crippen MR) is 102 cm³/mol. The third kappa shape index (κ3) is 2.54. The van der Waals surface area contributed by atoms with Gasteiger partial charge in [-0.2, -0.15) is 0 Å². The second-order valence-electron chi connectivity index (χ2n) is 5.40. The number of ether oxygens (including phenoxy) is 1. The molecular formula is C20H14O2S2. The van der Waals surface area contributed by atoms with Gasteiger partial charge in [-0.15, -0.1) is 22.7 Å². The van der Waals surface area contributed by atoms with Crippen LogP contribution in [0, 0.1) is 0 Å². The van der Waals surface area contributed by atoms with Crippen LogP contribution in [0.3, 0.4) is 0 Å². The van der Waals surface area contributed by atoms with Crippen LogP contribution < -0.4 is 0 Å². The lowest BCUT2D eigenvalue weighted by Gasteiger charge is -2.17. The first-order chi connectivity index (χ1) is 11.8. The zero-order chi connectivity index (χ0) is 16.5. The third-order valence-electron chi connectivity index (χ3n) is 3.99. The number of fused-ring (bicyclic) bond motifs is 2. The van der Waals surface area contributed by atoms with Crippen molar-refractivity contribution in [3.05, 3.63) is 83.1 Å². The van der Waals surface area contributed by atoms with Crippen LogP contribution in [0.5, 0.6) is 0 Å². The lowest BCUT2D eigenvalue weighted by atomic mass is 10.00. The summed E-state index contributed by atoms with van der Waals surface area (Å²) < 4.78 is 8.13. The Morgan fingerprint density at radius 3 is 1.92 bits per heavy atom. The van der Waals surface area contributed by atoms with Crippen molar-refractivity contribution >= 4 is 48.8 Å². The minimum atomic E-state index is -0.428. The summed E-state index contributed by atoms with van der Waals surface area (Å²) in [6.07, 6.45) is 0.790. The Balaban J connectivity index is 1.91. The van der Waals surface area contributed by atoms with Gasteiger partial charge in [0, 0.05) is 26.6 Å². The first-order valence-corrected chi connectivity index (χ1v) is 9.29. The Morgan fingerprint density at radius 2 is 1.42 bits per heavy atom. The highest BCUT2D eigenvalue weighted by molar-refractivity contribution is 7.17. The van der Waals surface area contributed by atoms with Crippen LogP contribution in [-0.4, -0.2) is 5.97 Å². The lowest BCUT2D eigenvalue weighted by Crippen LogP contribution is -2.10. The van der Waals surface area contributed by atoms with Gasteiger partial charge in [-0.05, 0) is 33.7 Å². The summed E-state index contributed by atoms with van der Waals surface area (Å²) in [6.45, 7) is 3.53. The monoisotopic (exact) mass is 350 g/mol. The molecule has 0 saturated carbocycles. The topological polar surface area (TPSA) is 26.3 Å². The average molecular weight is 350 g/mol. The number of rotatable bonds is 4. The van der Waals surface area contributed by atoms with Crippen molar-refractivity contribution in [3.63, 3.8) is 0 Å². The molecule has 4 aromatic rings. The molecule has 24 heavy (non-hydrogen) atoms. The zero-order valence-electron chi connectivity index (χ0n) is 12.8. The van der Waals surface area contributed by atoms with Crippen molar-refractivity contribution in [3.8, 4) is 0 Å². The van der Waals surface area contributed by atoms with E-state index in [2.05, 4.69) is 41.6 Å². The molecular weight excluding hydrogens is 336 g/mol. The molecule has 0 amide bonds. The number of thiophene rings is 2. The number of carbonyl (C=O) groups is 1. The largest absolute Gasteiger partial charge is 0.449 e. The molecule has 2 aromatic carbocycles. The van der Waals surface area contributed by atoms with Crippen molar-refractivity contribution in [1.29, 1.82) is 0 Å². The molecule has 118 valence electrons. The van der Waals surface area contributed by atoms with Crippen molar-refractivity contribution in [2.75, 3.05) is 0 Å². The van der Waals surface area contributed by atoms with E-state index >= 15 is 0 Å². The van der Waals surface area contributed by atoms with Crippen LogP contribution in [0.25, 0.3) is 20.2 Å². The first-order valence-electron chi connectivity index (χ1n) is 7.53. The summed E-state index contributed by atoms with van der Waals surface area (Å²) in [5.41, 5.74) is 2.05. The van der Waals surface area contributed by atoms with Crippen LogP contribution in [0.4, 0.5) is 0 Å². The van der Waals surface area contributed by atoms with Crippen molar-refractivity contribution in [2.24, 2.45) is 0 Å². The molecule has 0 spiro atoms. The van der Waals surface area contributed by atoms with Gasteiger partial charge in [-0.3, -0.25) is 0 Å². The van der Waals surface area contributed by atoms with E-state index in [-0.39, 0.29) is 0 Å². The van der Waals surface area contributed by atoms with Gasteiger partial charge in [0.25, 0.3) is 0 Å². The smallest absolute Gasteiger partial charge is 0.331 e. The minimum absolute atomic E-state index is 0.412. The van der Waals surface area contributed by atoms with Crippen LogP contribution in [0.1, 0.15) is 17.2 Å². The van der Waals surface area contributed by atoms with E-state index in [0.717, 1.165) is 21.9 Å². The van der Waals surface area contributed by atoms with Gasteiger partial charge in [-0.25, -0.2) is 4.79 Å². The van der Waals surface area contributed by atoms with Gasteiger partial charge >= 0.3 is 5.97 Å². The van der Waals surface area contributed by atoms with Gasteiger partial charge in [0.2, 0.25) is 0 Å². The summed E-state index contributed by atoms with van der Waals surface area (Å²) in [6, 6.07) is 16.4. The Hall–Kier alpha value is -2.43. The van der Waals surface area contributed by atoms with Gasteiger partial charge in [0.15, 0.2) is 6.10 Å². The van der Waals surface area contributed by atoms with Crippen LogP contribution in [0.2, 0.25) is 0 Å². The molecule has 4 heteroatoms. The highest BCUT2D eigenvalue weighted by atomic mass is 32.1. The second-order valence-corrected chi connectivity index (χ2v) is 7.22. The fraction of sp³-hybridized carbons (Fsp3) is 0.0500. The van der Waals surface area contributed by atoms with Crippen molar-refractivity contribution < 1.29 is 9.53 Å². The van der Waals surface area contributed by atoms with Crippen LogP contribution >= 0.6 is 22.7 Å². The quantitative estimate of drug-likeness (QED) is 0.336. The molecule has 4 rings (SSSR count). The first kappa shape index (κ1) is 15.1. The molecule has 0 radical (unpaired) electrons. The zero-order valence-corrected chi connectivity index (χ0v) is 14.4. The van der Waals surface area contributed by atoms with E-state index in [0.29, 0.717) is 0 Å². The predicted octanol–water partition coefficient (Wildman–Crippen LogP) is 5.93. The summed E-state index contributed by atoms with van der Waals surface area (Å²) in [5, 5.41) is 6.41. The third-order valence-corrected chi connectivity index (χ3v) is 5.95. The summed E-state index contributed by atoms with van der Waals surface area (Å²) in [5.74, 6) is -0.412. The van der Waals surface area contributed by atoms with Gasteiger partial charge in [-0.1, -0.05) is 43.0 Å². The molecule has 0 aliphatic carbocycles. The van der Waals surface area contributed by atoms with Gasteiger partial charge in [0.05, 0.1) is 0 Å². The highest BCUT2D eigenvalue weighted by Gasteiger charge is 2.24. The fourth-order valence-electron chi connectivity index (χ4n) is 2.86. The van der Waals surface area contributed by atoms with Gasteiger partial charge < -0.3 is 4.74 Å². The van der Waals surface area contributed by atoms with Crippen molar-refractivity contribution in [1.82, 2.24) is 0 Å². The molecule has 0 aliphatic heterocycles. The number of benzene rings is 2. The average Bonchev–Trinajstić information content (AvgIpc) is 3.24. The Bertz CT molecular complexity index is 968. The number of esters is 1. The normalized spacial score (nSPS) is 11.2. The Labute approximate surface area is 147 Å². The molecule has 0 N–H and O–H groups in total. The van der Waals surface area contributed by atoms with E-state index < -0.39 is 12.1 Å². The number of hydrogen-bond donors (Lipinski definition) is 0. The number of hydrogen-bond acceptors (Lipinski definition) is 4. The van der Waals surface area contributed by atoms with E-state index in [9.17, 15) is 4.79 Å². The van der Waals surface area contributed by atoms with Gasteiger partial charge in [0.1, 0.15) is 0 Å². The second kappa shape index (κ2) is 6.23. The molecule has 0 bridgehead atoms. The lowest BCUT2D eigenvalue weighted by molar-refractivity contribution is -0.141. The molecule has 0 aliphatic rings. The Kier molecular flexibility index (Phi) is 3.92. The molecule has 2 aromatic heterocycles. The van der Waals surface area contributed by atoms with Crippen LogP contribution in [0.15, 0.2) is 71.9 Å².